The third-order valence-electron chi connectivity index (χ3n) is 2.47. The van der Waals surface area contributed by atoms with Crippen molar-refractivity contribution in [2.75, 3.05) is 0 Å². The van der Waals surface area contributed by atoms with E-state index in [2.05, 4.69) is 4.98 Å². The molecule has 0 aliphatic carbocycles. The van der Waals surface area contributed by atoms with Crippen molar-refractivity contribution in [3.8, 4) is 0 Å². The van der Waals surface area contributed by atoms with Gasteiger partial charge in [0.25, 0.3) is 0 Å². The van der Waals surface area contributed by atoms with Crippen LogP contribution in [0.1, 0.15) is 21.5 Å². The van der Waals surface area contributed by atoms with Crippen LogP contribution in [0.5, 0.6) is 0 Å². The molecule has 1 aromatic carbocycles. The fourth-order valence-electron chi connectivity index (χ4n) is 1.46. The number of aryl methyl sites for hydroxylation is 1. The number of rotatable bonds is 3. The quantitative estimate of drug-likeness (QED) is 0.590. The molecule has 0 aliphatic rings. The summed E-state index contributed by atoms with van der Waals surface area (Å²) in [5.74, 6) is -0.00650. The number of allylic oxidation sites excluding steroid dienone is 1. The van der Waals surface area contributed by atoms with Gasteiger partial charge in [-0.1, -0.05) is 35.9 Å². The van der Waals surface area contributed by atoms with E-state index in [1.807, 2.05) is 37.3 Å². The number of nitrogens with zero attached hydrogens (tertiary/aromatic N) is 1. The second kappa shape index (κ2) is 5.21. The zero-order chi connectivity index (χ0) is 12.1. The summed E-state index contributed by atoms with van der Waals surface area (Å²) < 4.78 is 0. The Morgan fingerprint density at radius 1 is 1.06 bits per heavy atom. The normalized spacial score (nSPS) is 10.6. The molecule has 0 saturated carbocycles. The van der Waals surface area contributed by atoms with E-state index in [1.54, 1.807) is 30.6 Å². The summed E-state index contributed by atoms with van der Waals surface area (Å²) in [6, 6.07) is 11.5. The first kappa shape index (κ1) is 11.3. The Bertz CT molecular complexity index is 527. The van der Waals surface area contributed by atoms with Gasteiger partial charge >= 0.3 is 0 Å². The number of ketones is 1. The molecule has 0 atom stereocenters. The zero-order valence-corrected chi connectivity index (χ0v) is 9.63. The predicted molar refractivity (Wildman–Crippen MR) is 68.8 cm³/mol. The van der Waals surface area contributed by atoms with Crippen LogP contribution in [0.4, 0.5) is 0 Å². The number of pyridine rings is 1. The molecule has 0 fully saturated rings. The van der Waals surface area contributed by atoms with E-state index < -0.39 is 0 Å². The minimum absolute atomic E-state index is 0.00650. The molecule has 0 unspecified atom stereocenters. The lowest BCUT2D eigenvalue weighted by molar-refractivity contribution is 0.104. The number of benzene rings is 1. The molecule has 2 rings (SSSR count). The first-order chi connectivity index (χ1) is 8.25. The van der Waals surface area contributed by atoms with Crippen LogP contribution in [0.3, 0.4) is 0 Å². The highest BCUT2D eigenvalue weighted by molar-refractivity contribution is 6.06. The topological polar surface area (TPSA) is 30.0 Å². The smallest absolute Gasteiger partial charge is 0.185 e. The molecule has 2 aromatic rings. The van der Waals surface area contributed by atoms with Gasteiger partial charge in [0.15, 0.2) is 5.78 Å². The predicted octanol–water partition coefficient (Wildman–Crippen LogP) is 3.29. The van der Waals surface area contributed by atoms with Gasteiger partial charge in [-0.2, -0.15) is 0 Å². The summed E-state index contributed by atoms with van der Waals surface area (Å²) >= 11 is 0. The minimum atomic E-state index is -0.00650. The molecule has 0 aliphatic heterocycles. The highest BCUT2D eigenvalue weighted by Gasteiger charge is 1.99. The average Bonchev–Trinajstić information content (AvgIpc) is 2.39. The van der Waals surface area contributed by atoms with E-state index in [9.17, 15) is 4.79 Å². The molecule has 2 nitrogen and oxygen atoms in total. The van der Waals surface area contributed by atoms with E-state index in [0.29, 0.717) is 5.56 Å². The third kappa shape index (κ3) is 3.11. The molecule has 17 heavy (non-hydrogen) atoms. The molecule has 0 amide bonds. The first-order valence-corrected chi connectivity index (χ1v) is 5.45. The number of carbonyl (C=O) groups excluding carboxylic acids is 1. The summed E-state index contributed by atoms with van der Waals surface area (Å²) in [5, 5.41) is 0. The van der Waals surface area contributed by atoms with Crippen LogP contribution < -0.4 is 0 Å². The van der Waals surface area contributed by atoms with Crippen LogP contribution in [0.15, 0.2) is 54.9 Å². The highest BCUT2D eigenvalue weighted by atomic mass is 16.1. The molecular formula is C15H13NO. The number of hydrogen-bond donors (Lipinski definition) is 0. The molecule has 84 valence electrons. The molecule has 1 heterocycles. The van der Waals surface area contributed by atoms with Crippen LogP contribution in [0.25, 0.3) is 6.08 Å². The molecular weight excluding hydrogens is 210 g/mol. The lowest BCUT2D eigenvalue weighted by Crippen LogP contribution is -1.93. The third-order valence-corrected chi connectivity index (χ3v) is 2.47. The van der Waals surface area contributed by atoms with Crippen molar-refractivity contribution in [3.05, 3.63) is 71.6 Å². The van der Waals surface area contributed by atoms with Crippen molar-refractivity contribution in [1.82, 2.24) is 4.98 Å². The van der Waals surface area contributed by atoms with Gasteiger partial charge in [-0.05, 0) is 30.7 Å². The van der Waals surface area contributed by atoms with Crippen molar-refractivity contribution >= 4 is 11.9 Å². The van der Waals surface area contributed by atoms with E-state index in [1.165, 1.54) is 5.56 Å². The SMILES string of the molecule is Cc1ccc(/C=C/C(=O)c2ccncc2)cc1. The second-order valence-electron chi connectivity index (χ2n) is 3.84. The zero-order valence-electron chi connectivity index (χ0n) is 9.63. The van der Waals surface area contributed by atoms with Crippen molar-refractivity contribution in [2.45, 2.75) is 6.92 Å². The van der Waals surface area contributed by atoms with Gasteiger partial charge in [0.1, 0.15) is 0 Å². The monoisotopic (exact) mass is 223 g/mol. The van der Waals surface area contributed by atoms with Crippen molar-refractivity contribution in [3.63, 3.8) is 0 Å². The average molecular weight is 223 g/mol. The van der Waals surface area contributed by atoms with Gasteiger partial charge in [-0.15, -0.1) is 0 Å². The molecule has 0 saturated heterocycles. The fraction of sp³-hybridized carbons (Fsp3) is 0.0667. The summed E-state index contributed by atoms with van der Waals surface area (Å²) in [6.07, 6.45) is 6.64. The van der Waals surface area contributed by atoms with Gasteiger partial charge in [-0.3, -0.25) is 9.78 Å². The lowest BCUT2D eigenvalue weighted by Gasteiger charge is -1.95. The summed E-state index contributed by atoms with van der Waals surface area (Å²) in [6.45, 7) is 2.04. The van der Waals surface area contributed by atoms with Crippen molar-refractivity contribution in [1.29, 1.82) is 0 Å². The molecule has 0 spiro atoms. The van der Waals surface area contributed by atoms with E-state index in [4.69, 9.17) is 0 Å². The number of carbonyl (C=O) groups is 1. The number of aromatic nitrogens is 1. The fourth-order valence-corrected chi connectivity index (χ4v) is 1.46. The highest BCUT2D eigenvalue weighted by Crippen LogP contribution is 2.06. The maximum Gasteiger partial charge on any atom is 0.185 e. The summed E-state index contributed by atoms with van der Waals surface area (Å²) in [7, 11) is 0. The standard InChI is InChI=1S/C15H13NO/c1-12-2-4-13(5-3-12)6-7-15(17)14-8-10-16-11-9-14/h2-11H,1H3/b7-6+. The van der Waals surface area contributed by atoms with E-state index >= 15 is 0 Å². The maximum atomic E-state index is 11.8. The van der Waals surface area contributed by atoms with Gasteiger partial charge in [0, 0.05) is 18.0 Å². The first-order valence-electron chi connectivity index (χ1n) is 5.45. The van der Waals surface area contributed by atoms with Gasteiger partial charge < -0.3 is 0 Å². The Hall–Kier alpha value is -2.22. The minimum Gasteiger partial charge on any atom is -0.289 e. The van der Waals surface area contributed by atoms with Gasteiger partial charge in [-0.25, -0.2) is 0 Å². The van der Waals surface area contributed by atoms with Gasteiger partial charge in [0.05, 0.1) is 0 Å². The van der Waals surface area contributed by atoms with Crippen LogP contribution in [-0.2, 0) is 0 Å². The Morgan fingerprint density at radius 2 is 1.71 bits per heavy atom. The Balaban J connectivity index is 2.11. The van der Waals surface area contributed by atoms with Crippen LogP contribution in [0.2, 0.25) is 0 Å². The Morgan fingerprint density at radius 3 is 2.35 bits per heavy atom. The van der Waals surface area contributed by atoms with Crippen molar-refractivity contribution < 1.29 is 4.79 Å². The lowest BCUT2D eigenvalue weighted by atomic mass is 10.1. The van der Waals surface area contributed by atoms with Crippen LogP contribution in [-0.4, -0.2) is 10.8 Å². The molecule has 2 heteroatoms. The van der Waals surface area contributed by atoms with Crippen LogP contribution >= 0.6 is 0 Å². The number of hydrogen-bond acceptors (Lipinski definition) is 2. The van der Waals surface area contributed by atoms with Crippen molar-refractivity contribution in [2.24, 2.45) is 0 Å². The summed E-state index contributed by atoms with van der Waals surface area (Å²) in [5.41, 5.74) is 2.89. The second-order valence-corrected chi connectivity index (χ2v) is 3.84. The summed E-state index contributed by atoms with van der Waals surface area (Å²) in [4.78, 5) is 15.6. The van der Waals surface area contributed by atoms with E-state index in [0.717, 1.165) is 5.56 Å². The molecule has 0 radical (unpaired) electrons. The Kier molecular flexibility index (Phi) is 3.46. The maximum absolute atomic E-state index is 11.8. The molecule has 0 N–H and O–H groups in total. The van der Waals surface area contributed by atoms with Crippen LogP contribution in [0, 0.1) is 6.92 Å². The van der Waals surface area contributed by atoms with Gasteiger partial charge in [0.2, 0.25) is 0 Å². The molecule has 1 aromatic heterocycles. The molecule has 0 bridgehead atoms. The Labute approximate surface area is 101 Å². The largest absolute Gasteiger partial charge is 0.289 e. The van der Waals surface area contributed by atoms with E-state index in [-0.39, 0.29) is 5.78 Å².